The Balaban J connectivity index is 3.02. The fourth-order valence-electron chi connectivity index (χ4n) is 1.10. The third kappa shape index (κ3) is 2.07. The van der Waals surface area contributed by atoms with Gasteiger partial charge in [-0.2, -0.15) is 0 Å². The van der Waals surface area contributed by atoms with E-state index in [4.69, 9.17) is 5.11 Å². The van der Waals surface area contributed by atoms with Crippen molar-refractivity contribution in [3.05, 3.63) is 47.5 Å². The van der Waals surface area contributed by atoms with Crippen molar-refractivity contribution in [2.24, 2.45) is 0 Å². The third-order valence-corrected chi connectivity index (χ3v) is 1.80. The van der Waals surface area contributed by atoms with Crippen LogP contribution >= 0.6 is 0 Å². The lowest BCUT2D eigenvalue weighted by atomic mass is 10.0. The predicted octanol–water partition coefficient (Wildman–Crippen LogP) is 1.90. The largest absolute Gasteiger partial charge is 0.478 e. The maximum Gasteiger partial charge on any atom is 0.339 e. The van der Waals surface area contributed by atoms with E-state index in [1.165, 1.54) is 13.0 Å². The lowest BCUT2D eigenvalue weighted by Gasteiger charge is -2.00. The Labute approximate surface area is 81.7 Å². The molecule has 0 saturated heterocycles. The molecule has 0 unspecified atom stereocenters. The van der Waals surface area contributed by atoms with Gasteiger partial charge in [-0.25, -0.2) is 4.79 Å². The summed E-state index contributed by atoms with van der Waals surface area (Å²) in [5.74, 6) is -1.65. The number of carbonyl (C=O) groups excluding carboxylic acids is 1. The predicted molar refractivity (Wildman–Crippen MR) is 52.2 cm³/mol. The second-order valence-electron chi connectivity index (χ2n) is 2.70. The number of benzene rings is 1. The Morgan fingerprint density at radius 2 is 1.79 bits per heavy atom. The van der Waals surface area contributed by atoms with Crippen LogP contribution in [0.25, 0.3) is 0 Å². The second-order valence-corrected chi connectivity index (χ2v) is 2.70. The van der Waals surface area contributed by atoms with E-state index in [-0.39, 0.29) is 5.57 Å². The van der Waals surface area contributed by atoms with E-state index in [1.54, 1.807) is 30.3 Å². The molecule has 1 aromatic carbocycles. The number of aliphatic carboxylic acids is 1. The summed E-state index contributed by atoms with van der Waals surface area (Å²) in [5, 5.41) is 8.72. The Morgan fingerprint density at radius 3 is 2.21 bits per heavy atom. The van der Waals surface area contributed by atoms with Gasteiger partial charge < -0.3 is 5.11 Å². The highest BCUT2D eigenvalue weighted by molar-refractivity contribution is 6.23. The number of rotatable bonds is 3. The van der Waals surface area contributed by atoms with Gasteiger partial charge in [0.1, 0.15) is 5.57 Å². The molecule has 0 spiro atoms. The molecule has 0 atom stereocenters. The highest BCUT2D eigenvalue weighted by atomic mass is 16.4. The summed E-state index contributed by atoms with van der Waals surface area (Å²) in [6.07, 6.45) is 1.30. The Bertz CT molecular complexity index is 377. The molecule has 0 aliphatic carbocycles. The van der Waals surface area contributed by atoms with Crippen molar-refractivity contribution < 1.29 is 14.7 Å². The molecule has 1 N–H and O–H groups in total. The van der Waals surface area contributed by atoms with Gasteiger partial charge in [-0.1, -0.05) is 36.4 Å². The molecule has 1 rings (SSSR count). The first-order valence-corrected chi connectivity index (χ1v) is 4.16. The summed E-state index contributed by atoms with van der Waals surface area (Å²) in [4.78, 5) is 22.2. The second kappa shape index (κ2) is 4.37. The molecule has 0 saturated carbocycles. The Hall–Kier alpha value is -1.90. The maximum atomic E-state index is 11.6. The zero-order valence-electron chi connectivity index (χ0n) is 7.73. The molecule has 72 valence electrons. The standard InChI is InChI=1S/C11H10O3/c1-2-9(11(13)14)10(12)8-6-4-3-5-7-8/h2-7H,1H3,(H,13,14). The topological polar surface area (TPSA) is 54.4 Å². The number of Topliss-reactive ketones (excluding diaryl/α,β-unsaturated/α-hetero) is 1. The lowest BCUT2D eigenvalue weighted by molar-refractivity contribution is -0.132. The Kier molecular flexibility index (Phi) is 3.18. The van der Waals surface area contributed by atoms with Crippen molar-refractivity contribution >= 4 is 11.8 Å². The summed E-state index contributed by atoms with van der Waals surface area (Å²) in [6.45, 7) is 1.53. The van der Waals surface area contributed by atoms with E-state index in [2.05, 4.69) is 0 Å². The summed E-state index contributed by atoms with van der Waals surface area (Å²) in [6, 6.07) is 8.35. The van der Waals surface area contributed by atoms with Crippen LogP contribution in [-0.4, -0.2) is 16.9 Å². The van der Waals surface area contributed by atoms with Crippen LogP contribution < -0.4 is 0 Å². The van der Waals surface area contributed by atoms with Gasteiger partial charge in [0.15, 0.2) is 5.78 Å². The Morgan fingerprint density at radius 1 is 1.21 bits per heavy atom. The van der Waals surface area contributed by atoms with Crippen LogP contribution in [0.2, 0.25) is 0 Å². The van der Waals surface area contributed by atoms with Crippen LogP contribution in [0.15, 0.2) is 42.0 Å². The fourth-order valence-corrected chi connectivity index (χ4v) is 1.10. The minimum Gasteiger partial charge on any atom is -0.478 e. The van der Waals surface area contributed by atoms with Gasteiger partial charge in [0.2, 0.25) is 0 Å². The van der Waals surface area contributed by atoms with E-state index < -0.39 is 11.8 Å². The summed E-state index contributed by atoms with van der Waals surface area (Å²) >= 11 is 0. The number of allylic oxidation sites excluding steroid dienone is 1. The van der Waals surface area contributed by atoms with Gasteiger partial charge in [-0.3, -0.25) is 4.79 Å². The molecule has 0 fully saturated rings. The molecular weight excluding hydrogens is 180 g/mol. The lowest BCUT2D eigenvalue weighted by Crippen LogP contribution is -2.12. The quantitative estimate of drug-likeness (QED) is 0.343. The van der Waals surface area contributed by atoms with E-state index in [0.29, 0.717) is 5.56 Å². The molecule has 0 radical (unpaired) electrons. The minimum absolute atomic E-state index is 0.198. The summed E-state index contributed by atoms with van der Waals surface area (Å²) < 4.78 is 0. The summed E-state index contributed by atoms with van der Waals surface area (Å²) in [5.41, 5.74) is 0.194. The number of hydrogen-bond donors (Lipinski definition) is 1. The SMILES string of the molecule is CC=C(C(=O)O)C(=O)c1ccccc1. The van der Waals surface area contributed by atoms with Crippen molar-refractivity contribution in [2.75, 3.05) is 0 Å². The van der Waals surface area contributed by atoms with E-state index >= 15 is 0 Å². The zero-order chi connectivity index (χ0) is 10.6. The molecule has 3 nitrogen and oxygen atoms in total. The van der Waals surface area contributed by atoms with Crippen molar-refractivity contribution in [3.8, 4) is 0 Å². The van der Waals surface area contributed by atoms with E-state index in [0.717, 1.165) is 0 Å². The van der Waals surface area contributed by atoms with Crippen molar-refractivity contribution in [1.29, 1.82) is 0 Å². The normalized spacial score (nSPS) is 11.1. The average Bonchev–Trinajstić information content (AvgIpc) is 2.19. The van der Waals surface area contributed by atoms with Crippen LogP contribution in [0.4, 0.5) is 0 Å². The average molecular weight is 190 g/mol. The van der Waals surface area contributed by atoms with Gasteiger partial charge in [-0.05, 0) is 6.92 Å². The first-order valence-electron chi connectivity index (χ1n) is 4.16. The van der Waals surface area contributed by atoms with Crippen LogP contribution in [0.3, 0.4) is 0 Å². The highest BCUT2D eigenvalue weighted by Crippen LogP contribution is 2.08. The fraction of sp³-hybridized carbons (Fsp3) is 0.0909. The molecule has 0 aliphatic heterocycles. The number of carbonyl (C=O) groups is 2. The smallest absolute Gasteiger partial charge is 0.339 e. The first kappa shape index (κ1) is 10.2. The number of hydrogen-bond acceptors (Lipinski definition) is 2. The van der Waals surface area contributed by atoms with Crippen LogP contribution in [0.1, 0.15) is 17.3 Å². The third-order valence-electron chi connectivity index (χ3n) is 1.80. The molecule has 0 bridgehead atoms. The van der Waals surface area contributed by atoms with Gasteiger partial charge >= 0.3 is 5.97 Å². The monoisotopic (exact) mass is 190 g/mol. The molecule has 1 aromatic rings. The van der Waals surface area contributed by atoms with Gasteiger partial charge in [0.25, 0.3) is 0 Å². The van der Waals surface area contributed by atoms with Gasteiger partial charge in [-0.15, -0.1) is 0 Å². The van der Waals surface area contributed by atoms with E-state index in [9.17, 15) is 9.59 Å². The molecule has 3 heteroatoms. The molecule has 14 heavy (non-hydrogen) atoms. The van der Waals surface area contributed by atoms with Gasteiger partial charge in [0.05, 0.1) is 0 Å². The van der Waals surface area contributed by atoms with Crippen molar-refractivity contribution in [1.82, 2.24) is 0 Å². The maximum absolute atomic E-state index is 11.6. The van der Waals surface area contributed by atoms with Crippen LogP contribution in [0.5, 0.6) is 0 Å². The van der Waals surface area contributed by atoms with Gasteiger partial charge in [0, 0.05) is 5.56 Å². The summed E-state index contributed by atoms with van der Waals surface area (Å²) in [7, 11) is 0. The van der Waals surface area contributed by atoms with Crippen LogP contribution in [-0.2, 0) is 4.79 Å². The molecular formula is C11H10O3. The number of ketones is 1. The zero-order valence-corrected chi connectivity index (χ0v) is 7.73. The van der Waals surface area contributed by atoms with Crippen molar-refractivity contribution in [3.63, 3.8) is 0 Å². The number of carboxylic acid groups (broad SMARTS) is 1. The molecule has 0 aromatic heterocycles. The van der Waals surface area contributed by atoms with Crippen LogP contribution in [0, 0.1) is 0 Å². The highest BCUT2D eigenvalue weighted by Gasteiger charge is 2.17. The van der Waals surface area contributed by atoms with E-state index in [1.807, 2.05) is 0 Å². The minimum atomic E-state index is -1.19. The molecule has 0 amide bonds. The van der Waals surface area contributed by atoms with Crippen molar-refractivity contribution in [2.45, 2.75) is 6.92 Å². The first-order chi connectivity index (χ1) is 6.66. The molecule has 0 heterocycles. The number of carboxylic acids is 1. The molecule has 0 aliphatic rings.